The van der Waals surface area contributed by atoms with Crippen molar-refractivity contribution in [1.29, 1.82) is 0 Å². The average Bonchev–Trinajstić information content (AvgIpc) is 2.55. The van der Waals surface area contributed by atoms with E-state index in [1.807, 2.05) is 56.3 Å². The van der Waals surface area contributed by atoms with E-state index in [0.29, 0.717) is 12.0 Å². The molecular weight excluding hydrogens is 307 g/mol. The first-order valence-electron chi connectivity index (χ1n) is 7.51. The van der Waals surface area contributed by atoms with Gasteiger partial charge in [0.2, 0.25) is 0 Å². The van der Waals surface area contributed by atoms with Gasteiger partial charge in [-0.2, -0.15) is 0 Å². The Morgan fingerprint density at radius 2 is 1.87 bits per heavy atom. The third-order valence-electron chi connectivity index (χ3n) is 3.72. The molecule has 3 aromatic rings. The van der Waals surface area contributed by atoms with Crippen LogP contribution in [0.3, 0.4) is 0 Å². The molecule has 0 atom stereocenters. The summed E-state index contributed by atoms with van der Waals surface area (Å²) < 4.78 is 7.54. The van der Waals surface area contributed by atoms with Crippen molar-refractivity contribution in [2.75, 3.05) is 13.2 Å². The fourth-order valence-corrected chi connectivity index (χ4v) is 3.36. The normalized spacial score (nSPS) is 12.1. The van der Waals surface area contributed by atoms with Gasteiger partial charge in [0.25, 0.3) is 0 Å². The van der Waals surface area contributed by atoms with Gasteiger partial charge < -0.3 is 9.76 Å². The Balaban J connectivity index is 1.91. The molecule has 23 heavy (non-hydrogen) atoms. The van der Waals surface area contributed by atoms with Crippen molar-refractivity contribution < 1.29 is 9.76 Å². The number of hydrogen-bond acceptors (Lipinski definition) is 4. The van der Waals surface area contributed by atoms with Crippen molar-refractivity contribution >= 4 is 44.5 Å². The number of fused-ring (bicyclic) bond motifs is 2. The molecule has 2 aromatic carbocycles. The topological polar surface area (TPSA) is 46.5 Å². The van der Waals surface area contributed by atoms with E-state index in [0.717, 1.165) is 20.2 Å². The molecule has 0 spiro atoms. The maximum absolute atomic E-state index is 12.6. The fraction of sp³-hybridized carbons (Fsp3) is 0.278. The largest absolute Gasteiger partial charge is 0.655 e. The van der Waals surface area contributed by atoms with Crippen LogP contribution in [-0.2, 0) is 4.65 Å². The smallest absolute Gasteiger partial charge is 0.195 e. The Labute approximate surface area is 139 Å². The van der Waals surface area contributed by atoms with Crippen molar-refractivity contribution in [2.24, 2.45) is 5.41 Å². The van der Waals surface area contributed by atoms with Crippen LogP contribution in [0.1, 0.15) is 13.8 Å². The summed E-state index contributed by atoms with van der Waals surface area (Å²) in [6.07, 6.45) is 0. The van der Waals surface area contributed by atoms with Crippen LogP contribution in [0.25, 0.3) is 20.2 Å². The summed E-state index contributed by atoms with van der Waals surface area (Å²) in [6.45, 7) is 4.36. The van der Waals surface area contributed by atoms with Crippen LogP contribution in [0.2, 0.25) is 0 Å². The second-order valence-corrected chi connectivity index (χ2v) is 7.52. The Kier molecular flexibility index (Phi) is 4.53. The lowest BCUT2D eigenvalue weighted by Crippen LogP contribution is -2.28. The van der Waals surface area contributed by atoms with Crippen LogP contribution in [0.4, 0.5) is 0 Å². The number of hydrogen-bond donors (Lipinski definition) is 1. The summed E-state index contributed by atoms with van der Waals surface area (Å²) in [5, 5.41) is 10.7. The summed E-state index contributed by atoms with van der Waals surface area (Å²) in [5.41, 5.74) is 0.626. The summed E-state index contributed by atoms with van der Waals surface area (Å²) in [7, 11) is 1.65. The molecule has 0 aliphatic carbocycles. The summed E-state index contributed by atoms with van der Waals surface area (Å²) in [4.78, 5) is 12.6. The number of benzene rings is 2. The van der Waals surface area contributed by atoms with Gasteiger partial charge in [0.05, 0.1) is 6.61 Å². The molecule has 3 rings (SSSR count). The zero-order valence-corrected chi connectivity index (χ0v) is 14.0. The van der Waals surface area contributed by atoms with Gasteiger partial charge in [-0.05, 0) is 18.2 Å². The molecule has 1 N–H and O–H groups in total. The zero-order valence-electron chi connectivity index (χ0n) is 13.2. The van der Waals surface area contributed by atoms with E-state index >= 15 is 0 Å². The van der Waals surface area contributed by atoms with Crippen molar-refractivity contribution in [2.45, 2.75) is 13.8 Å². The lowest BCUT2D eigenvalue weighted by atomic mass is 9.86. The molecule has 118 valence electrons. The molecule has 0 bridgehead atoms. The number of aliphatic hydroxyl groups is 1. The highest BCUT2D eigenvalue weighted by molar-refractivity contribution is 7.24. The molecule has 0 saturated heterocycles. The molecule has 0 aliphatic rings. The predicted octanol–water partition coefficient (Wildman–Crippen LogP) is 2.69. The maximum Gasteiger partial charge on any atom is 0.195 e. The summed E-state index contributed by atoms with van der Waals surface area (Å²) in [6, 6.07) is 13.4. The lowest BCUT2D eigenvalue weighted by Gasteiger charge is -2.29. The molecule has 0 aliphatic heterocycles. The van der Waals surface area contributed by atoms with Crippen LogP contribution >= 0.6 is 11.3 Å². The second-order valence-electron chi connectivity index (χ2n) is 6.43. The quantitative estimate of drug-likeness (QED) is 0.579. The number of rotatable bonds is 5. The standard InChI is InChI=1S/C18H18BO3S/c1-18(2,10-20)11-22-19-12-7-8-16-14(9-12)17(21)13-5-3-4-6-15(13)23-16/h3-9,20H,10-11H2,1-2H3/q-1. The zero-order chi connectivity index (χ0) is 16.4. The van der Waals surface area contributed by atoms with Gasteiger partial charge >= 0.3 is 0 Å². The van der Waals surface area contributed by atoms with Gasteiger partial charge in [-0.25, -0.2) is 5.46 Å². The third kappa shape index (κ3) is 3.47. The average molecular weight is 325 g/mol. The van der Waals surface area contributed by atoms with Crippen LogP contribution in [0.5, 0.6) is 0 Å². The van der Waals surface area contributed by atoms with Gasteiger partial charge in [-0.1, -0.05) is 38.1 Å². The summed E-state index contributed by atoms with van der Waals surface area (Å²) in [5.74, 6) is 0. The van der Waals surface area contributed by atoms with Crippen molar-refractivity contribution in [3.63, 3.8) is 0 Å². The highest BCUT2D eigenvalue weighted by Gasteiger charge is 2.13. The molecule has 2 radical (unpaired) electrons. The van der Waals surface area contributed by atoms with Crippen molar-refractivity contribution in [1.82, 2.24) is 0 Å². The van der Waals surface area contributed by atoms with E-state index in [1.165, 1.54) is 0 Å². The molecule has 1 heterocycles. The van der Waals surface area contributed by atoms with Crippen molar-refractivity contribution in [3.8, 4) is 0 Å². The highest BCUT2D eigenvalue weighted by atomic mass is 32.1. The van der Waals surface area contributed by atoms with Crippen LogP contribution in [-0.4, -0.2) is 25.8 Å². The Morgan fingerprint density at radius 1 is 1.13 bits per heavy atom. The van der Waals surface area contributed by atoms with E-state index in [-0.39, 0.29) is 17.5 Å². The Bertz CT molecular complexity index is 902. The minimum absolute atomic E-state index is 0.0558. The van der Waals surface area contributed by atoms with Gasteiger partial charge in [0.15, 0.2) is 5.43 Å². The number of aliphatic hydroxyl groups excluding tert-OH is 1. The minimum atomic E-state index is -0.282. The van der Waals surface area contributed by atoms with Crippen LogP contribution in [0.15, 0.2) is 47.3 Å². The van der Waals surface area contributed by atoms with E-state index in [2.05, 4.69) is 0 Å². The second kappa shape index (κ2) is 6.44. The van der Waals surface area contributed by atoms with E-state index < -0.39 is 0 Å². The van der Waals surface area contributed by atoms with E-state index in [4.69, 9.17) is 4.65 Å². The fourth-order valence-electron chi connectivity index (χ4n) is 2.30. The minimum Gasteiger partial charge on any atom is -0.655 e. The molecule has 0 fully saturated rings. The highest BCUT2D eigenvalue weighted by Crippen LogP contribution is 2.23. The van der Waals surface area contributed by atoms with Crippen molar-refractivity contribution in [3.05, 3.63) is 52.7 Å². The Hall–Kier alpha value is -1.69. The van der Waals surface area contributed by atoms with Crippen LogP contribution < -0.4 is 10.9 Å². The molecule has 0 unspecified atom stereocenters. The van der Waals surface area contributed by atoms with Gasteiger partial charge in [0, 0.05) is 32.2 Å². The van der Waals surface area contributed by atoms with E-state index in [9.17, 15) is 9.90 Å². The monoisotopic (exact) mass is 325 g/mol. The SMILES string of the molecule is CC(C)(CO)CO[B-]c1ccc2sc3ccccc3c(=O)c2c1. The molecule has 1 aromatic heterocycles. The predicted molar refractivity (Wildman–Crippen MR) is 97.8 cm³/mol. The first-order valence-corrected chi connectivity index (χ1v) is 8.33. The molecule has 0 saturated carbocycles. The van der Waals surface area contributed by atoms with Gasteiger partial charge in [-0.3, -0.25) is 4.79 Å². The first-order chi connectivity index (χ1) is 11.0. The molecule has 5 heteroatoms. The van der Waals surface area contributed by atoms with E-state index in [1.54, 1.807) is 18.8 Å². The van der Waals surface area contributed by atoms with Gasteiger partial charge in [0.1, 0.15) is 0 Å². The maximum atomic E-state index is 12.6. The first kappa shape index (κ1) is 16.2. The third-order valence-corrected chi connectivity index (χ3v) is 4.87. The van der Waals surface area contributed by atoms with Crippen LogP contribution in [0, 0.1) is 5.41 Å². The lowest BCUT2D eigenvalue weighted by molar-refractivity contribution is 0.101. The molecular formula is C18H18BO3S-. The molecule has 3 nitrogen and oxygen atoms in total. The molecule has 0 amide bonds. The van der Waals surface area contributed by atoms with Gasteiger partial charge in [-0.15, -0.1) is 18.8 Å². The Morgan fingerprint density at radius 3 is 2.65 bits per heavy atom. The summed E-state index contributed by atoms with van der Waals surface area (Å²) >= 11 is 1.62.